The van der Waals surface area contributed by atoms with Crippen molar-refractivity contribution in [3.8, 4) is 28.7 Å². The van der Waals surface area contributed by atoms with Gasteiger partial charge in [0.2, 0.25) is 21.8 Å². The van der Waals surface area contributed by atoms with Crippen molar-refractivity contribution >= 4 is 75.4 Å². The molecule has 35 heteroatoms. The predicted octanol–water partition coefficient (Wildman–Crippen LogP) is 13.6. The summed E-state index contributed by atoms with van der Waals surface area (Å²) in [5.41, 5.74) is -7.71. The zero-order chi connectivity index (χ0) is 71.1. The summed E-state index contributed by atoms with van der Waals surface area (Å²) < 4.78 is 260. The molecule has 3 atom stereocenters. The summed E-state index contributed by atoms with van der Waals surface area (Å²) in [4.78, 5) is 34.4. The first-order valence-electron chi connectivity index (χ1n) is 28.9. The van der Waals surface area contributed by atoms with Crippen molar-refractivity contribution < 1.29 is 102 Å². The fourth-order valence-corrected chi connectivity index (χ4v) is 15.3. The van der Waals surface area contributed by atoms with Crippen LogP contribution in [0.2, 0.25) is 5.02 Å². The summed E-state index contributed by atoms with van der Waals surface area (Å²) in [5.74, 6) is -8.01. The van der Waals surface area contributed by atoms with Crippen LogP contribution in [0.25, 0.3) is 22.0 Å². The lowest BCUT2D eigenvalue weighted by atomic mass is 9.78. The molecule has 1 fully saturated rings. The molecule has 518 valence electrons. The highest BCUT2D eigenvalue weighted by atomic mass is 35.5. The molecule has 2 aliphatic carbocycles. The number of phosphoric ester groups is 1. The van der Waals surface area contributed by atoms with Gasteiger partial charge < -0.3 is 18.9 Å². The van der Waals surface area contributed by atoms with Crippen LogP contribution >= 0.6 is 27.0 Å². The van der Waals surface area contributed by atoms with Crippen LogP contribution in [0.5, 0.6) is 5.75 Å². The Morgan fingerprint density at radius 1 is 0.863 bits per heavy atom. The SMILES string of the molecule is COP(=O)(Cc1cc(C)cc(OP(=O)(OC(C)C)OC(C)C)c1C(C)(C)CC(=O)N(c1nn(CC(F)(F)F)c2c(-c3ccc(C#CC(C)(C)S(C)(=O)=O)nc3[C@H](Cc3cc(F)cc(F)c3)NC(=O)Cn3nc(C(F)(F)F)c4c3C(F)(F)[C@@H]3C[C@H]43)ccc(Cl)c12)S(C)(=O)=O)OC. The number of halogens is 11. The van der Waals surface area contributed by atoms with E-state index in [0.29, 0.717) is 17.9 Å². The Kier molecular flexibility index (Phi) is 20.7. The number of nitrogens with zero attached hydrogens (tertiary/aromatic N) is 6. The minimum absolute atomic E-state index is 0.0587. The first-order valence-corrected chi connectivity index (χ1v) is 36.2. The second kappa shape index (κ2) is 26.4. The first-order chi connectivity index (χ1) is 43.5. The maximum absolute atomic E-state index is 15.8. The van der Waals surface area contributed by atoms with Crippen LogP contribution in [-0.2, 0) is 99.9 Å². The molecule has 0 spiro atoms. The van der Waals surface area contributed by atoms with E-state index in [1.54, 1.807) is 6.92 Å². The minimum Gasteiger partial charge on any atom is -0.404 e. The highest BCUT2D eigenvalue weighted by molar-refractivity contribution is 7.93. The number of nitrogens with one attached hydrogen (secondary N) is 1. The van der Waals surface area contributed by atoms with E-state index < -0.39 is 199 Å². The Bertz CT molecular complexity index is 4410. The predicted molar refractivity (Wildman–Crippen MR) is 330 cm³/mol. The third-order valence-corrected chi connectivity index (χ3v) is 22.4. The molecular weight excluding hydrogens is 1380 g/mol. The standard InChI is InChI=1S/C60H66ClF10N7O13P2S2/c1-31(2)89-93(82,90-32(3)4)91-45-21-33(5)20-35(29-92(81,87-10)88-11)50(45)56(6,7)27-47(80)78(95(13,85)86)55-49-43(61)17-16-40(52(49)77(75-55)30-58(64,65)66)39-15-14-38(18-19-57(8,9)94(12,83)84)72-51(39)44(24-34-22-36(62)25-37(63)23-34)73-46(79)28-76-54-48(53(74-76)60(69,70)71)41-26-42(41)59(54,67)68/h14-17,20-23,25,31-32,41-42,44H,24,26-30H2,1-13H3,(H,73,79)/t41-,42+,44-/m0/s1. The number of alkyl halides is 8. The Morgan fingerprint density at radius 3 is 2.01 bits per heavy atom. The van der Waals surface area contributed by atoms with Gasteiger partial charge in [-0.3, -0.25) is 32.6 Å². The number of sulfone groups is 1. The number of sulfonamides is 1. The zero-order valence-electron chi connectivity index (χ0n) is 53.2. The number of carbonyl (C=O) groups is 2. The summed E-state index contributed by atoms with van der Waals surface area (Å²) in [6.07, 6.45) is -13.3. The van der Waals surface area contributed by atoms with Gasteiger partial charge in [0.1, 0.15) is 46.6 Å². The topological polar surface area (TPSA) is 247 Å². The number of phosphoric acid groups is 1. The van der Waals surface area contributed by atoms with Gasteiger partial charge in [-0.1, -0.05) is 43.5 Å². The van der Waals surface area contributed by atoms with Crippen LogP contribution in [0.1, 0.15) is 131 Å². The number of anilines is 1. The number of pyridine rings is 1. The fraction of sp³-hybridized carbons (Fsp3) is 0.483. The van der Waals surface area contributed by atoms with Gasteiger partial charge in [0.15, 0.2) is 21.3 Å². The van der Waals surface area contributed by atoms with Crippen LogP contribution in [0.4, 0.5) is 49.7 Å². The molecule has 3 aromatic carbocycles. The molecule has 0 saturated heterocycles. The first kappa shape index (κ1) is 74.4. The lowest BCUT2D eigenvalue weighted by molar-refractivity contribution is -0.143. The molecule has 3 aromatic heterocycles. The second-order valence-electron chi connectivity index (χ2n) is 24.8. The normalized spacial score (nSPS) is 16.4. The van der Waals surface area contributed by atoms with Gasteiger partial charge in [0, 0.05) is 66.5 Å². The Labute approximate surface area is 545 Å². The highest BCUT2D eigenvalue weighted by Gasteiger charge is 2.68. The van der Waals surface area contributed by atoms with Crippen molar-refractivity contribution in [2.45, 2.75) is 153 Å². The number of rotatable bonds is 24. The van der Waals surface area contributed by atoms with Crippen LogP contribution in [0.3, 0.4) is 0 Å². The Morgan fingerprint density at radius 2 is 1.46 bits per heavy atom. The van der Waals surface area contributed by atoms with Gasteiger partial charge in [-0.2, -0.15) is 49.6 Å². The average molecular weight is 1440 g/mol. The monoisotopic (exact) mass is 1440 g/mol. The van der Waals surface area contributed by atoms with Gasteiger partial charge in [0.05, 0.1) is 52.3 Å². The van der Waals surface area contributed by atoms with E-state index in [-0.39, 0.29) is 53.8 Å². The molecule has 0 unspecified atom stereocenters. The van der Waals surface area contributed by atoms with Crippen molar-refractivity contribution in [2.24, 2.45) is 5.92 Å². The molecule has 0 bridgehead atoms. The molecule has 95 heavy (non-hydrogen) atoms. The minimum atomic E-state index is -5.27. The van der Waals surface area contributed by atoms with Crippen LogP contribution in [0, 0.1) is 36.3 Å². The smallest absolute Gasteiger partial charge is 0.404 e. The average Bonchev–Trinajstić information content (AvgIpc) is 1.52. The number of carbonyl (C=O) groups excluding carboxylic acids is 2. The van der Waals surface area contributed by atoms with Crippen LogP contribution < -0.4 is 14.1 Å². The molecule has 20 nitrogen and oxygen atoms in total. The quantitative estimate of drug-likeness (QED) is 0.0336. The summed E-state index contributed by atoms with van der Waals surface area (Å²) in [6.45, 7) is 9.53. The third-order valence-electron chi connectivity index (χ3n) is 15.5. The van der Waals surface area contributed by atoms with E-state index in [1.807, 2.05) is 0 Å². The third kappa shape index (κ3) is 16.3. The highest BCUT2D eigenvalue weighted by Crippen LogP contribution is 2.68. The largest absolute Gasteiger partial charge is 0.530 e. The number of hydrogen-bond acceptors (Lipinski definition) is 16. The van der Waals surface area contributed by atoms with Gasteiger partial charge in [0.25, 0.3) is 5.92 Å². The van der Waals surface area contributed by atoms with E-state index >= 15 is 35.5 Å². The van der Waals surface area contributed by atoms with Gasteiger partial charge in [-0.25, -0.2) is 35.2 Å². The van der Waals surface area contributed by atoms with E-state index in [4.69, 9.17) is 34.2 Å². The molecular formula is C60H66ClF10N7O13P2S2. The number of amides is 2. The van der Waals surface area contributed by atoms with Crippen LogP contribution in [-0.4, -0.2) is 103 Å². The van der Waals surface area contributed by atoms with Crippen molar-refractivity contribution in [3.63, 3.8) is 0 Å². The van der Waals surface area contributed by atoms with E-state index in [0.717, 1.165) is 56.9 Å². The van der Waals surface area contributed by atoms with Crippen LogP contribution in [0.15, 0.2) is 54.6 Å². The van der Waals surface area contributed by atoms with E-state index in [9.17, 15) is 43.9 Å². The molecule has 6 aromatic rings. The van der Waals surface area contributed by atoms with Crippen molar-refractivity contribution in [1.29, 1.82) is 0 Å². The summed E-state index contributed by atoms with van der Waals surface area (Å²) in [6, 6.07) is 7.44. The number of aryl methyl sites for hydroxylation is 1. The van der Waals surface area contributed by atoms with Gasteiger partial charge in [-0.15, -0.1) is 0 Å². The van der Waals surface area contributed by atoms with Gasteiger partial charge >= 0.3 is 27.8 Å². The van der Waals surface area contributed by atoms with Crippen molar-refractivity contribution in [3.05, 3.63) is 122 Å². The molecule has 1 saturated carbocycles. The van der Waals surface area contributed by atoms with Crippen molar-refractivity contribution in [2.75, 3.05) is 31.0 Å². The summed E-state index contributed by atoms with van der Waals surface area (Å²) >= 11 is 6.92. The molecule has 2 amide bonds. The van der Waals surface area contributed by atoms with E-state index in [1.165, 1.54) is 67.5 Å². The fourth-order valence-electron chi connectivity index (χ4n) is 11.3. The maximum Gasteiger partial charge on any atom is 0.530 e. The number of fused-ring (bicyclic) bond motifs is 4. The lowest BCUT2D eigenvalue weighted by Crippen LogP contribution is -2.40. The summed E-state index contributed by atoms with van der Waals surface area (Å²) in [5, 5.41) is 8.76. The Balaban J connectivity index is 1.36. The lowest BCUT2D eigenvalue weighted by Gasteiger charge is -2.33. The number of hydrogen-bond donors (Lipinski definition) is 1. The molecule has 0 radical (unpaired) electrons. The molecule has 1 N–H and O–H groups in total. The number of aromatic nitrogens is 5. The summed E-state index contributed by atoms with van der Waals surface area (Å²) in [7, 11) is -15.6. The van der Waals surface area contributed by atoms with Crippen molar-refractivity contribution in [1.82, 2.24) is 29.9 Å². The Hall–Kier alpha value is -6.42. The second-order valence-corrected chi connectivity index (χ2v) is 33.3. The molecule has 3 heterocycles. The molecule has 0 aliphatic heterocycles. The molecule has 2 aliphatic rings. The van der Waals surface area contributed by atoms with Gasteiger partial charge in [-0.05, 0) is 126 Å². The maximum atomic E-state index is 15.8. The zero-order valence-corrected chi connectivity index (χ0v) is 57.4. The van der Waals surface area contributed by atoms with E-state index in [2.05, 4.69) is 32.3 Å². The number of benzene rings is 3. The molecule has 8 rings (SSSR count).